The second-order valence-electron chi connectivity index (χ2n) is 2.04. The van der Waals surface area contributed by atoms with E-state index in [9.17, 15) is 9.59 Å². The monoisotopic (exact) mass is 184 g/mol. The van der Waals surface area contributed by atoms with Gasteiger partial charge >= 0.3 is 12.1 Å². The van der Waals surface area contributed by atoms with Crippen molar-refractivity contribution < 1.29 is 19.1 Å². The predicted molar refractivity (Wildman–Crippen MR) is 41.0 cm³/mol. The Morgan fingerprint density at radius 1 is 1.62 bits per heavy atom. The predicted octanol–water partition coefficient (Wildman–Crippen LogP) is 0.723. The molecule has 0 aliphatic rings. The van der Waals surface area contributed by atoms with Crippen molar-refractivity contribution in [3.8, 4) is 0 Å². The zero-order valence-corrected chi connectivity index (χ0v) is 6.94. The number of carbonyl (C=O) groups is 2. The van der Waals surface area contributed by atoms with Crippen molar-refractivity contribution in [1.82, 2.24) is 9.97 Å². The van der Waals surface area contributed by atoms with Gasteiger partial charge in [0.2, 0.25) is 0 Å². The van der Waals surface area contributed by atoms with E-state index in [1.165, 1.54) is 12.5 Å². The molecule has 1 rings (SSSR count). The van der Waals surface area contributed by atoms with E-state index in [2.05, 4.69) is 19.4 Å². The Morgan fingerprint density at radius 2 is 2.38 bits per heavy atom. The van der Waals surface area contributed by atoms with Crippen LogP contribution in [0.25, 0.3) is 0 Å². The van der Waals surface area contributed by atoms with E-state index in [-0.39, 0.29) is 12.3 Å². The zero-order chi connectivity index (χ0) is 9.68. The van der Waals surface area contributed by atoms with Crippen LogP contribution in [0.1, 0.15) is 17.4 Å². The average Bonchev–Trinajstić information content (AvgIpc) is 2.55. The molecule has 1 N–H and O–H groups in total. The molecule has 0 spiro atoms. The van der Waals surface area contributed by atoms with Gasteiger partial charge in [-0.1, -0.05) is 0 Å². The number of carbonyl (C=O) groups excluding carboxylic acids is 2. The van der Waals surface area contributed by atoms with E-state index < -0.39 is 12.1 Å². The number of imidazole rings is 1. The van der Waals surface area contributed by atoms with Crippen LogP contribution >= 0.6 is 0 Å². The second kappa shape index (κ2) is 4.24. The minimum Gasteiger partial charge on any atom is -0.434 e. The molecule has 6 heteroatoms. The number of hydrogen-bond donors (Lipinski definition) is 1. The number of nitrogens with one attached hydrogen (secondary N) is 1. The zero-order valence-electron chi connectivity index (χ0n) is 6.94. The highest BCUT2D eigenvalue weighted by Gasteiger charge is 2.14. The molecular formula is C7H8N2O4. The maximum absolute atomic E-state index is 11.0. The number of rotatable bonds is 2. The normalized spacial score (nSPS) is 9.31. The van der Waals surface area contributed by atoms with E-state index in [1.54, 1.807) is 6.92 Å². The van der Waals surface area contributed by atoms with Crippen LogP contribution in [0, 0.1) is 0 Å². The summed E-state index contributed by atoms with van der Waals surface area (Å²) in [5, 5.41) is 0. The molecular weight excluding hydrogens is 176 g/mol. The van der Waals surface area contributed by atoms with Gasteiger partial charge in [0.25, 0.3) is 0 Å². The third-order valence-electron chi connectivity index (χ3n) is 1.16. The number of aromatic nitrogens is 2. The Hall–Kier alpha value is -1.85. The standard InChI is InChI=1S/C7H8N2O4/c1-2-12-7(11)13-6(10)5-3-8-4-9-5/h3-4H,2H2,1H3,(H,8,9). The van der Waals surface area contributed by atoms with Gasteiger partial charge in [0.15, 0.2) is 0 Å². The summed E-state index contributed by atoms with van der Waals surface area (Å²) in [5.41, 5.74) is 0.105. The van der Waals surface area contributed by atoms with Crippen molar-refractivity contribution in [1.29, 1.82) is 0 Å². The van der Waals surface area contributed by atoms with E-state index >= 15 is 0 Å². The van der Waals surface area contributed by atoms with Gasteiger partial charge in [0.1, 0.15) is 5.69 Å². The Balaban J connectivity index is 2.47. The van der Waals surface area contributed by atoms with Crippen molar-refractivity contribution in [2.24, 2.45) is 0 Å². The Labute approximate surface area is 73.9 Å². The molecule has 0 aliphatic carbocycles. The third kappa shape index (κ3) is 2.58. The molecule has 0 saturated heterocycles. The first kappa shape index (κ1) is 9.24. The molecule has 0 aliphatic heterocycles. The van der Waals surface area contributed by atoms with Gasteiger partial charge in [-0.25, -0.2) is 14.6 Å². The van der Waals surface area contributed by atoms with Crippen molar-refractivity contribution in [3.05, 3.63) is 18.2 Å². The summed E-state index contributed by atoms with van der Waals surface area (Å²) >= 11 is 0. The molecule has 1 aromatic heterocycles. The molecule has 0 amide bonds. The number of nitrogens with zero attached hydrogens (tertiary/aromatic N) is 1. The quantitative estimate of drug-likeness (QED) is 0.541. The smallest absolute Gasteiger partial charge is 0.434 e. The first-order valence-electron chi connectivity index (χ1n) is 3.61. The molecule has 0 radical (unpaired) electrons. The van der Waals surface area contributed by atoms with Gasteiger partial charge in [-0.3, -0.25) is 0 Å². The van der Waals surface area contributed by atoms with Crippen molar-refractivity contribution in [2.75, 3.05) is 6.61 Å². The molecule has 1 aromatic rings. The maximum Gasteiger partial charge on any atom is 0.516 e. The first-order valence-corrected chi connectivity index (χ1v) is 3.61. The van der Waals surface area contributed by atoms with Crippen molar-refractivity contribution in [2.45, 2.75) is 6.92 Å². The Kier molecular flexibility index (Phi) is 3.02. The number of hydrogen-bond acceptors (Lipinski definition) is 5. The van der Waals surface area contributed by atoms with Crippen LogP contribution in [0.15, 0.2) is 12.5 Å². The molecule has 1 heterocycles. The molecule has 6 nitrogen and oxygen atoms in total. The minimum atomic E-state index is -1.01. The molecule has 13 heavy (non-hydrogen) atoms. The van der Waals surface area contributed by atoms with Crippen LogP contribution in [-0.4, -0.2) is 28.7 Å². The maximum atomic E-state index is 11.0. The largest absolute Gasteiger partial charge is 0.516 e. The SMILES string of the molecule is CCOC(=O)OC(=O)c1cnc[nH]1. The molecule has 70 valence electrons. The molecule has 0 fully saturated rings. The summed E-state index contributed by atoms with van der Waals surface area (Å²) in [6.45, 7) is 1.77. The molecule has 0 aromatic carbocycles. The number of esters is 1. The van der Waals surface area contributed by atoms with E-state index in [0.717, 1.165) is 0 Å². The fourth-order valence-corrected chi connectivity index (χ4v) is 0.645. The van der Waals surface area contributed by atoms with Gasteiger partial charge in [0.05, 0.1) is 19.1 Å². The fourth-order valence-electron chi connectivity index (χ4n) is 0.645. The van der Waals surface area contributed by atoms with Gasteiger partial charge in [-0.15, -0.1) is 0 Å². The average molecular weight is 184 g/mol. The Bertz CT molecular complexity index is 293. The summed E-state index contributed by atoms with van der Waals surface area (Å²) in [6.07, 6.45) is 1.55. The molecule has 0 unspecified atom stereocenters. The van der Waals surface area contributed by atoms with E-state index in [0.29, 0.717) is 0 Å². The molecule has 0 atom stereocenters. The number of ether oxygens (including phenoxy) is 2. The van der Waals surface area contributed by atoms with Crippen molar-refractivity contribution in [3.63, 3.8) is 0 Å². The highest BCUT2D eigenvalue weighted by atomic mass is 16.7. The first-order chi connectivity index (χ1) is 6.24. The fraction of sp³-hybridized carbons (Fsp3) is 0.286. The van der Waals surface area contributed by atoms with E-state index in [1.807, 2.05) is 0 Å². The van der Waals surface area contributed by atoms with Crippen LogP contribution in [0.4, 0.5) is 4.79 Å². The third-order valence-corrected chi connectivity index (χ3v) is 1.16. The molecule has 0 saturated carbocycles. The highest BCUT2D eigenvalue weighted by Crippen LogP contribution is 1.96. The minimum absolute atomic E-state index is 0.105. The lowest BCUT2D eigenvalue weighted by molar-refractivity contribution is 0.0397. The van der Waals surface area contributed by atoms with Crippen LogP contribution in [0.2, 0.25) is 0 Å². The molecule has 0 bridgehead atoms. The van der Waals surface area contributed by atoms with Crippen LogP contribution < -0.4 is 0 Å². The summed E-state index contributed by atoms with van der Waals surface area (Å²) in [7, 11) is 0. The Morgan fingerprint density at radius 3 is 2.92 bits per heavy atom. The van der Waals surface area contributed by atoms with Gasteiger partial charge in [-0.2, -0.15) is 0 Å². The number of H-pyrrole nitrogens is 1. The lowest BCUT2D eigenvalue weighted by atomic mass is 10.5. The summed E-state index contributed by atoms with van der Waals surface area (Å²) in [4.78, 5) is 27.7. The van der Waals surface area contributed by atoms with Gasteiger partial charge < -0.3 is 14.5 Å². The summed E-state index contributed by atoms with van der Waals surface area (Å²) < 4.78 is 8.66. The van der Waals surface area contributed by atoms with Crippen LogP contribution in [0.3, 0.4) is 0 Å². The van der Waals surface area contributed by atoms with Gasteiger partial charge in [0, 0.05) is 0 Å². The highest BCUT2D eigenvalue weighted by molar-refractivity contribution is 5.93. The summed E-state index contributed by atoms with van der Waals surface area (Å²) in [5.74, 6) is -0.809. The van der Waals surface area contributed by atoms with E-state index in [4.69, 9.17) is 0 Å². The van der Waals surface area contributed by atoms with Crippen LogP contribution in [0.5, 0.6) is 0 Å². The van der Waals surface area contributed by atoms with Gasteiger partial charge in [-0.05, 0) is 6.92 Å². The lowest BCUT2D eigenvalue weighted by Gasteiger charge is -1.99. The van der Waals surface area contributed by atoms with Crippen molar-refractivity contribution >= 4 is 12.1 Å². The number of aromatic amines is 1. The topological polar surface area (TPSA) is 81.3 Å². The summed E-state index contributed by atoms with van der Waals surface area (Å²) in [6, 6.07) is 0. The lowest BCUT2D eigenvalue weighted by Crippen LogP contribution is -2.14. The second-order valence-corrected chi connectivity index (χ2v) is 2.04. The van der Waals surface area contributed by atoms with Crippen LogP contribution in [-0.2, 0) is 9.47 Å².